The fraction of sp³-hybridized carbons (Fsp3) is 0.111. The van der Waals surface area contributed by atoms with Crippen LogP contribution in [0.3, 0.4) is 0 Å². The number of fused-ring (bicyclic) bond motifs is 1. The highest BCUT2D eigenvalue weighted by atomic mass is 16.1. The molecule has 3 nitrogen and oxygen atoms in total. The number of nitrogens with zero attached hydrogens (tertiary/aromatic N) is 1. The van der Waals surface area contributed by atoms with Crippen LogP contribution in [0.1, 0.15) is 5.69 Å². The molecule has 0 aromatic carbocycles. The lowest BCUT2D eigenvalue weighted by molar-refractivity contribution is 1.21. The van der Waals surface area contributed by atoms with Crippen molar-refractivity contribution in [1.82, 2.24) is 9.97 Å². The Hall–Kier alpha value is -1.64. The molecule has 0 spiro atoms. The van der Waals surface area contributed by atoms with Gasteiger partial charge in [0, 0.05) is 11.9 Å². The molecule has 0 bridgehead atoms. The number of aromatic amines is 1. The molecule has 0 radical (unpaired) electrons. The van der Waals surface area contributed by atoms with Crippen molar-refractivity contribution in [3.05, 3.63) is 40.4 Å². The van der Waals surface area contributed by atoms with Crippen molar-refractivity contribution >= 4 is 10.9 Å². The van der Waals surface area contributed by atoms with Gasteiger partial charge in [-0.3, -0.25) is 9.78 Å². The van der Waals surface area contributed by atoms with Crippen molar-refractivity contribution in [2.45, 2.75) is 6.92 Å². The second-order valence-electron chi connectivity index (χ2n) is 2.69. The van der Waals surface area contributed by atoms with Gasteiger partial charge in [-0.15, -0.1) is 0 Å². The summed E-state index contributed by atoms with van der Waals surface area (Å²) in [7, 11) is 0. The van der Waals surface area contributed by atoms with Crippen LogP contribution in [-0.4, -0.2) is 9.97 Å². The molecular formula is C9H8N2O. The Kier molecular flexibility index (Phi) is 1.43. The highest BCUT2D eigenvalue weighted by Gasteiger charge is 1.97. The zero-order valence-electron chi connectivity index (χ0n) is 6.66. The summed E-state index contributed by atoms with van der Waals surface area (Å²) in [6, 6.07) is 5.41. The maximum Gasteiger partial charge on any atom is 0.257 e. The van der Waals surface area contributed by atoms with E-state index < -0.39 is 0 Å². The first kappa shape index (κ1) is 7.03. The lowest BCUT2D eigenvalue weighted by Crippen LogP contribution is -2.05. The van der Waals surface area contributed by atoms with Gasteiger partial charge in [-0.05, 0) is 25.1 Å². The van der Waals surface area contributed by atoms with Gasteiger partial charge in [-0.25, -0.2) is 0 Å². The van der Waals surface area contributed by atoms with E-state index in [2.05, 4.69) is 9.97 Å². The lowest BCUT2D eigenvalue weighted by Gasteiger charge is -1.95. The average molecular weight is 160 g/mol. The van der Waals surface area contributed by atoms with Crippen LogP contribution >= 0.6 is 0 Å². The van der Waals surface area contributed by atoms with E-state index in [0.29, 0.717) is 5.39 Å². The number of aromatic nitrogens is 2. The van der Waals surface area contributed by atoms with E-state index in [1.54, 1.807) is 18.3 Å². The third kappa shape index (κ3) is 0.993. The standard InChI is InChI=1S/C9H8N2O/c1-6-2-3-7-8(11-6)4-5-10-9(7)12/h2-5H,1H3,(H,10,12). The minimum Gasteiger partial charge on any atom is -0.328 e. The number of hydrogen-bond donors (Lipinski definition) is 1. The van der Waals surface area contributed by atoms with E-state index in [-0.39, 0.29) is 5.56 Å². The summed E-state index contributed by atoms with van der Waals surface area (Å²) >= 11 is 0. The molecule has 0 saturated carbocycles. The number of hydrogen-bond acceptors (Lipinski definition) is 2. The zero-order valence-corrected chi connectivity index (χ0v) is 6.66. The minimum atomic E-state index is -0.0833. The van der Waals surface area contributed by atoms with Crippen molar-refractivity contribution in [2.24, 2.45) is 0 Å². The van der Waals surface area contributed by atoms with Crippen LogP contribution in [0.4, 0.5) is 0 Å². The highest BCUT2D eigenvalue weighted by Crippen LogP contribution is 2.05. The molecule has 0 fully saturated rings. The molecule has 1 N–H and O–H groups in total. The normalized spacial score (nSPS) is 10.4. The van der Waals surface area contributed by atoms with E-state index in [1.807, 2.05) is 13.0 Å². The largest absolute Gasteiger partial charge is 0.328 e. The molecule has 2 aromatic heterocycles. The van der Waals surface area contributed by atoms with Crippen molar-refractivity contribution in [1.29, 1.82) is 0 Å². The fourth-order valence-corrected chi connectivity index (χ4v) is 1.17. The monoisotopic (exact) mass is 160 g/mol. The van der Waals surface area contributed by atoms with E-state index in [1.165, 1.54) is 0 Å². The Labute approximate surface area is 69.1 Å². The maximum absolute atomic E-state index is 11.2. The highest BCUT2D eigenvalue weighted by molar-refractivity contribution is 5.76. The number of aryl methyl sites for hydroxylation is 1. The molecule has 3 heteroatoms. The topological polar surface area (TPSA) is 45.8 Å². The molecule has 0 saturated heterocycles. The molecule has 0 amide bonds. The molecule has 0 aliphatic heterocycles. The Morgan fingerprint density at radius 3 is 3.00 bits per heavy atom. The molecule has 12 heavy (non-hydrogen) atoms. The predicted molar refractivity (Wildman–Crippen MR) is 47.1 cm³/mol. The summed E-state index contributed by atoms with van der Waals surface area (Å²) in [5.41, 5.74) is 1.59. The number of pyridine rings is 2. The van der Waals surface area contributed by atoms with Crippen LogP contribution in [0.15, 0.2) is 29.2 Å². The summed E-state index contributed by atoms with van der Waals surface area (Å²) in [6.45, 7) is 1.90. The van der Waals surface area contributed by atoms with Crippen LogP contribution in [0.2, 0.25) is 0 Å². The molecule has 2 aromatic rings. The number of nitrogens with one attached hydrogen (secondary N) is 1. The van der Waals surface area contributed by atoms with Gasteiger partial charge in [-0.2, -0.15) is 0 Å². The first-order chi connectivity index (χ1) is 5.77. The smallest absolute Gasteiger partial charge is 0.257 e. The van der Waals surface area contributed by atoms with Crippen LogP contribution in [0.25, 0.3) is 10.9 Å². The fourth-order valence-electron chi connectivity index (χ4n) is 1.17. The lowest BCUT2D eigenvalue weighted by atomic mass is 10.2. The third-order valence-electron chi connectivity index (χ3n) is 1.76. The van der Waals surface area contributed by atoms with Crippen LogP contribution < -0.4 is 5.56 Å². The second kappa shape index (κ2) is 2.44. The van der Waals surface area contributed by atoms with E-state index in [9.17, 15) is 4.79 Å². The van der Waals surface area contributed by atoms with Crippen LogP contribution in [0, 0.1) is 6.92 Å². The van der Waals surface area contributed by atoms with Gasteiger partial charge in [-0.1, -0.05) is 0 Å². The van der Waals surface area contributed by atoms with Gasteiger partial charge >= 0.3 is 0 Å². The summed E-state index contributed by atoms with van der Waals surface area (Å²) in [5.74, 6) is 0. The first-order valence-corrected chi connectivity index (χ1v) is 3.72. The molecule has 0 atom stereocenters. The SMILES string of the molecule is Cc1ccc2c(=O)[nH]ccc2n1. The van der Waals surface area contributed by atoms with Gasteiger partial charge in [0.05, 0.1) is 10.9 Å². The Bertz CT molecular complexity index is 473. The Balaban J connectivity index is 2.96. The van der Waals surface area contributed by atoms with E-state index in [4.69, 9.17) is 0 Å². The molecule has 0 unspecified atom stereocenters. The van der Waals surface area contributed by atoms with E-state index in [0.717, 1.165) is 11.2 Å². The zero-order chi connectivity index (χ0) is 8.55. The Morgan fingerprint density at radius 1 is 1.33 bits per heavy atom. The molecule has 0 aliphatic carbocycles. The average Bonchev–Trinajstić information content (AvgIpc) is 2.04. The molecule has 0 aliphatic rings. The molecular weight excluding hydrogens is 152 g/mol. The molecule has 2 rings (SSSR count). The quantitative estimate of drug-likeness (QED) is 0.630. The van der Waals surface area contributed by atoms with Crippen molar-refractivity contribution in [3.8, 4) is 0 Å². The molecule has 2 heterocycles. The van der Waals surface area contributed by atoms with Gasteiger partial charge in [0.15, 0.2) is 0 Å². The molecule has 60 valence electrons. The van der Waals surface area contributed by atoms with Crippen molar-refractivity contribution < 1.29 is 0 Å². The van der Waals surface area contributed by atoms with Crippen molar-refractivity contribution in [3.63, 3.8) is 0 Å². The van der Waals surface area contributed by atoms with Gasteiger partial charge in [0.1, 0.15) is 0 Å². The van der Waals surface area contributed by atoms with Crippen molar-refractivity contribution in [2.75, 3.05) is 0 Å². The summed E-state index contributed by atoms with van der Waals surface area (Å²) < 4.78 is 0. The Morgan fingerprint density at radius 2 is 2.17 bits per heavy atom. The number of H-pyrrole nitrogens is 1. The minimum absolute atomic E-state index is 0.0833. The summed E-state index contributed by atoms with van der Waals surface area (Å²) in [5, 5.41) is 0.642. The third-order valence-corrected chi connectivity index (χ3v) is 1.76. The number of rotatable bonds is 0. The maximum atomic E-state index is 11.2. The van der Waals surface area contributed by atoms with Gasteiger partial charge in [0.2, 0.25) is 0 Å². The van der Waals surface area contributed by atoms with Crippen LogP contribution in [-0.2, 0) is 0 Å². The summed E-state index contributed by atoms with van der Waals surface area (Å²) in [4.78, 5) is 18.0. The van der Waals surface area contributed by atoms with Gasteiger partial charge in [0.25, 0.3) is 5.56 Å². The first-order valence-electron chi connectivity index (χ1n) is 3.72. The predicted octanol–water partition coefficient (Wildman–Crippen LogP) is 1.23. The summed E-state index contributed by atoms with van der Waals surface area (Å²) in [6.07, 6.45) is 1.61. The second-order valence-corrected chi connectivity index (χ2v) is 2.69. The van der Waals surface area contributed by atoms with E-state index >= 15 is 0 Å². The van der Waals surface area contributed by atoms with Crippen LogP contribution in [0.5, 0.6) is 0 Å². The van der Waals surface area contributed by atoms with Gasteiger partial charge < -0.3 is 4.98 Å².